The van der Waals surface area contributed by atoms with Crippen LogP contribution >= 0.6 is 23.1 Å². The first-order valence-corrected chi connectivity index (χ1v) is 11.9. The van der Waals surface area contributed by atoms with Gasteiger partial charge in [-0.3, -0.25) is 24.1 Å². The predicted molar refractivity (Wildman–Crippen MR) is 127 cm³/mol. The van der Waals surface area contributed by atoms with Crippen LogP contribution in [-0.2, 0) is 9.59 Å². The van der Waals surface area contributed by atoms with Gasteiger partial charge in [-0.05, 0) is 54.3 Å². The zero-order valence-electron chi connectivity index (χ0n) is 18.1. The van der Waals surface area contributed by atoms with Crippen LogP contribution in [0.3, 0.4) is 0 Å². The first-order chi connectivity index (χ1) is 15.3. The zero-order valence-corrected chi connectivity index (χ0v) is 19.7. The number of amides is 4. The summed E-state index contributed by atoms with van der Waals surface area (Å²) in [7, 11) is 0. The summed E-state index contributed by atoms with van der Waals surface area (Å²) in [5.41, 5.74) is 1.52. The summed E-state index contributed by atoms with van der Waals surface area (Å²) in [5.74, 6) is -1.20. The van der Waals surface area contributed by atoms with E-state index < -0.39 is 6.04 Å². The van der Waals surface area contributed by atoms with Crippen LogP contribution in [0, 0.1) is 12.8 Å². The van der Waals surface area contributed by atoms with Gasteiger partial charge in [0.05, 0.1) is 4.91 Å². The zero-order chi connectivity index (χ0) is 23.3. The average Bonchev–Trinajstić information content (AvgIpc) is 3.35. The third-order valence-corrected chi connectivity index (χ3v) is 6.60. The molecule has 1 aliphatic rings. The van der Waals surface area contributed by atoms with Crippen LogP contribution in [-0.4, -0.2) is 47.0 Å². The van der Waals surface area contributed by atoms with Crippen LogP contribution < -0.4 is 10.6 Å². The van der Waals surface area contributed by atoms with Gasteiger partial charge in [0, 0.05) is 23.5 Å². The van der Waals surface area contributed by atoms with Crippen molar-refractivity contribution in [1.29, 1.82) is 0 Å². The van der Waals surface area contributed by atoms with E-state index in [1.807, 2.05) is 50.4 Å². The highest BCUT2D eigenvalue weighted by molar-refractivity contribution is 8.18. The molecule has 0 aliphatic carbocycles. The summed E-state index contributed by atoms with van der Waals surface area (Å²) in [5, 5.41) is 7.04. The second kappa shape index (κ2) is 10.6. The predicted octanol–water partition coefficient (Wildman–Crippen LogP) is 3.66. The molecule has 1 aromatic carbocycles. The van der Waals surface area contributed by atoms with E-state index in [1.165, 1.54) is 11.3 Å². The molecule has 1 saturated heterocycles. The fraction of sp³-hybridized carbons (Fsp3) is 0.304. The Bertz CT molecular complexity index is 1030. The maximum absolute atomic E-state index is 12.7. The minimum atomic E-state index is -0.738. The number of benzene rings is 1. The third-order valence-electron chi connectivity index (χ3n) is 4.87. The molecule has 1 aliphatic heterocycles. The Kier molecular flexibility index (Phi) is 7.87. The number of rotatable bonds is 8. The van der Waals surface area contributed by atoms with Gasteiger partial charge in [-0.25, -0.2) is 0 Å². The van der Waals surface area contributed by atoms with Gasteiger partial charge in [0.2, 0.25) is 5.91 Å². The maximum Gasteiger partial charge on any atom is 0.293 e. The minimum Gasteiger partial charge on any atom is -0.353 e. The van der Waals surface area contributed by atoms with Crippen molar-refractivity contribution in [1.82, 2.24) is 15.5 Å². The van der Waals surface area contributed by atoms with E-state index in [2.05, 4.69) is 10.6 Å². The van der Waals surface area contributed by atoms with E-state index in [-0.39, 0.29) is 42.0 Å². The summed E-state index contributed by atoms with van der Waals surface area (Å²) in [6, 6.07) is 10.1. The number of aryl methyl sites for hydroxylation is 1. The lowest BCUT2D eigenvalue weighted by molar-refractivity contribution is -0.125. The molecule has 1 atom stereocenters. The van der Waals surface area contributed by atoms with Crippen molar-refractivity contribution in [2.75, 3.05) is 13.1 Å². The van der Waals surface area contributed by atoms with Gasteiger partial charge in [0.1, 0.15) is 6.04 Å². The number of thiophene rings is 1. The average molecular weight is 472 g/mol. The van der Waals surface area contributed by atoms with Gasteiger partial charge in [-0.15, -0.1) is 11.3 Å². The van der Waals surface area contributed by atoms with Crippen molar-refractivity contribution in [3.63, 3.8) is 0 Å². The number of nitrogens with zero attached hydrogens (tertiary/aromatic N) is 1. The number of nitrogens with one attached hydrogen (secondary N) is 2. The summed E-state index contributed by atoms with van der Waals surface area (Å²) in [6.45, 7) is 5.78. The molecule has 9 heteroatoms. The minimum absolute atomic E-state index is 0.0644. The molecule has 0 radical (unpaired) electrons. The van der Waals surface area contributed by atoms with Crippen LogP contribution in [0.2, 0.25) is 0 Å². The molecule has 0 unspecified atom stereocenters. The number of hydrogen-bond acceptors (Lipinski definition) is 6. The van der Waals surface area contributed by atoms with E-state index in [4.69, 9.17) is 0 Å². The number of imide groups is 1. The second-order valence-electron chi connectivity index (χ2n) is 7.70. The Morgan fingerprint density at radius 2 is 1.84 bits per heavy atom. The summed E-state index contributed by atoms with van der Waals surface area (Å²) in [6.07, 6.45) is 1.70. The van der Waals surface area contributed by atoms with Crippen molar-refractivity contribution >= 4 is 52.1 Å². The molecule has 1 aromatic heterocycles. The fourth-order valence-corrected chi connectivity index (χ4v) is 4.65. The molecule has 4 amide bonds. The molecule has 0 bridgehead atoms. The van der Waals surface area contributed by atoms with Gasteiger partial charge in [0.25, 0.3) is 17.1 Å². The van der Waals surface area contributed by atoms with Crippen molar-refractivity contribution in [2.45, 2.75) is 26.8 Å². The fourth-order valence-electron chi connectivity index (χ4n) is 3.06. The first-order valence-electron chi connectivity index (χ1n) is 10.2. The van der Waals surface area contributed by atoms with Gasteiger partial charge in [-0.2, -0.15) is 0 Å². The molecule has 2 heterocycles. The summed E-state index contributed by atoms with van der Waals surface area (Å²) < 4.78 is 0. The van der Waals surface area contributed by atoms with Crippen LogP contribution in [0.1, 0.15) is 34.6 Å². The maximum atomic E-state index is 12.7. The molecule has 2 aromatic rings. The first kappa shape index (κ1) is 23.7. The van der Waals surface area contributed by atoms with E-state index in [1.54, 1.807) is 18.2 Å². The van der Waals surface area contributed by atoms with E-state index >= 15 is 0 Å². The van der Waals surface area contributed by atoms with Crippen LogP contribution in [0.25, 0.3) is 6.08 Å². The normalized spacial score (nSPS) is 16.0. The van der Waals surface area contributed by atoms with Gasteiger partial charge < -0.3 is 10.6 Å². The molecular weight excluding hydrogens is 446 g/mol. The van der Waals surface area contributed by atoms with Crippen molar-refractivity contribution < 1.29 is 19.2 Å². The van der Waals surface area contributed by atoms with Crippen LogP contribution in [0.15, 0.2) is 46.7 Å². The van der Waals surface area contributed by atoms with Crippen molar-refractivity contribution in [2.24, 2.45) is 5.92 Å². The van der Waals surface area contributed by atoms with Gasteiger partial charge >= 0.3 is 0 Å². The molecule has 7 nitrogen and oxygen atoms in total. The van der Waals surface area contributed by atoms with E-state index in [9.17, 15) is 19.2 Å². The van der Waals surface area contributed by atoms with E-state index in [0.717, 1.165) is 27.1 Å². The number of hydrogen-bond donors (Lipinski definition) is 2. The highest BCUT2D eigenvalue weighted by Crippen LogP contribution is 2.32. The summed E-state index contributed by atoms with van der Waals surface area (Å²) in [4.78, 5) is 52.4. The third kappa shape index (κ3) is 5.86. The molecule has 1 fully saturated rings. The Morgan fingerprint density at radius 1 is 1.12 bits per heavy atom. The molecular formula is C23H25N3O4S2. The number of carbonyl (C=O) groups excluding carboxylic acids is 4. The van der Waals surface area contributed by atoms with Gasteiger partial charge in [-0.1, -0.05) is 37.6 Å². The highest BCUT2D eigenvalue weighted by atomic mass is 32.2. The standard InChI is InChI=1S/C23H25N3O4S2/c1-14(2)19(25-20(27)16-8-6-15(3)7-9-16)21(28)24-10-11-26-22(29)18(32-23(26)30)13-17-5-4-12-31-17/h4-9,12-14,19H,10-11H2,1-3H3,(H,24,28)(H,25,27)/t19-/m0/s1. The topological polar surface area (TPSA) is 95.6 Å². The second-order valence-corrected chi connectivity index (χ2v) is 9.67. The quantitative estimate of drug-likeness (QED) is 0.573. The Balaban J connectivity index is 1.55. The molecule has 0 saturated carbocycles. The lowest BCUT2D eigenvalue weighted by Crippen LogP contribution is -2.51. The molecule has 2 N–H and O–H groups in total. The smallest absolute Gasteiger partial charge is 0.293 e. The lowest BCUT2D eigenvalue weighted by atomic mass is 10.0. The Labute approximate surface area is 195 Å². The molecule has 32 heavy (non-hydrogen) atoms. The molecule has 168 valence electrons. The largest absolute Gasteiger partial charge is 0.353 e. The Morgan fingerprint density at radius 3 is 2.47 bits per heavy atom. The SMILES string of the molecule is Cc1ccc(C(=O)N[C@H](C(=O)NCCN2C(=O)SC(=Cc3cccs3)C2=O)C(C)C)cc1. The van der Waals surface area contributed by atoms with Crippen molar-refractivity contribution in [3.8, 4) is 0 Å². The highest BCUT2D eigenvalue weighted by Gasteiger charge is 2.35. The number of carbonyl (C=O) groups is 4. The monoisotopic (exact) mass is 471 g/mol. The van der Waals surface area contributed by atoms with Crippen LogP contribution in [0.4, 0.5) is 4.79 Å². The van der Waals surface area contributed by atoms with E-state index in [0.29, 0.717) is 10.5 Å². The molecule has 3 rings (SSSR count). The summed E-state index contributed by atoms with van der Waals surface area (Å²) >= 11 is 2.37. The van der Waals surface area contributed by atoms with Gasteiger partial charge in [0.15, 0.2) is 0 Å². The lowest BCUT2D eigenvalue weighted by Gasteiger charge is -2.22. The Hall–Kier alpha value is -2.91. The van der Waals surface area contributed by atoms with Crippen molar-refractivity contribution in [3.05, 3.63) is 62.7 Å². The molecule has 0 spiro atoms. The number of thioether (sulfide) groups is 1. The van der Waals surface area contributed by atoms with Crippen LogP contribution in [0.5, 0.6) is 0 Å².